The van der Waals surface area contributed by atoms with E-state index in [1.807, 2.05) is 0 Å². The molecule has 0 radical (unpaired) electrons. The van der Waals surface area contributed by atoms with Crippen LogP contribution in [0, 0.1) is 5.82 Å². The van der Waals surface area contributed by atoms with E-state index in [1.165, 1.54) is 36.2 Å². The molecule has 1 saturated heterocycles. The van der Waals surface area contributed by atoms with Crippen LogP contribution in [-0.4, -0.2) is 47.5 Å². The zero-order valence-electron chi connectivity index (χ0n) is 22.5. The molecule has 220 valence electrons. The molecule has 0 spiro atoms. The highest BCUT2D eigenvalue weighted by Crippen LogP contribution is 2.40. The summed E-state index contributed by atoms with van der Waals surface area (Å²) in [5.74, 6) is -1.01. The van der Waals surface area contributed by atoms with Crippen LogP contribution in [0.15, 0.2) is 42.5 Å². The summed E-state index contributed by atoms with van der Waals surface area (Å²) < 4.78 is 98.7. The van der Waals surface area contributed by atoms with Crippen LogP contribution in [0.2, 0.25) is 0 Å². The molecule has 40 heavy (non-hydrogen) atoms. The summed E-state index contributed by atoms with van der Waals surface area (Å²) in [7, 11) is 1.30. The lowest BCUT2D eigenvalue weighted by atomic mass is 9.70. The third kappa shape index (κ3) is 7.88. The van der Waals surface area contributed by atoms with Crippen molar-refractivity contribution in [2.45, 2.75) is 69.9 Å². The molecule has 3 rings (SSSR count). The molecule has 2 aromatic carbocycles. The quantitative estimate of drug-likeness (QED) is 0.355. The van der Waals surface area contributed by atoms with Gasteiger partial charge in [-0.25, -0.2) is 9.18 Å². The first-order chi connectivity index (χ1) is 18.3. The van der Waals surface area contributed by atoms with Crippen LogP contribution in [-0.2, 0) is 33.8 Å². The van der Waals surface area contributed by atoms with Crippen LogP contribution in [0.4, 0.5) is 35.5 Å². The minimum atomic E-state index is -5.01. The molecule has 1 aliphatic heterocycles. The second-order valence-electron chi connectivity index (χ2n) is 11.1. The number of carbonyl (C=O) groups is 2. The van der Waals surface area contributed by atoms with Crippen LogP contribution in [0.25, 0.3) is 0 Å². The Labute approximate surface area is 227 Å². The van der Waals surface area contributed by atoms with Gasteiger partial charge in [-0.3, -0.25) is 4.79 Å². The Morgan fingerprint density at radius 2 is 1.40 bits per heavy atom. The predicted molar refractivity (Wildman–Crippen MR) is 133 cm³/mol. The summed E-state index contributed by atoms with van der Waals surface area (Å²) >= 11 is 0. The molecule has 1 heterocycles. The van der Waals surface area contributed by atoms with Gasteiger partial charge in [0.25, 0.3) is 0 Å². The number of piperidine rings is 1. The normalized spacial score (nSPS) is 16.0. The highest BCUT2D eigenvalue weighted by Gasteiger charge is 2.41. The summed E-state index contributed by atoms with van der Waals surface area (Å²) in [6, 6.07) is 6.78. The van der Waals surface area contributed by atoms with E-state index in [-0.39, 0.29) is 31.1 Å². The van der Waals surface area contributed by atoms with Gasteiger partial charge < -0.3 is 14.5 Å². The highest BCUT2D eigenvalue weighted by atomic mass is 19.4. The maximum absolute atomic E-state index is 13.7. The molecule has 2 amide bonds. The summed E-state index contributed by atoms with van der Waals surface area (Å²) in [4.78, 5) is 28.5. The van der Waals surface area contributed by atoms with Crippen LogP contribution < -0.4 is 0 Å². The smallest absolute Gasteiger partial charge is 0.416 e. The number of benzene rings is 2. The van der Waals surface area contributed by atoms with Gasteiger partial charge in [0, 0.05) is 38.5 Å². The number of hydrogen-bond acceptors (Lipinski definition) is 3. The van der Waals surface area contributed by atoms with E-state index in [0.717, 1.165) is 4.90 Å². The van der Waals surface area contributed by atoms with Crippen molar-refractivity contribution in [2.24, 2.45) is 0 Å². The first kappa shape index (κ1) is 31.2. The largest absolute Gasteiger partial charge is 0.444 e. The van der Waals surface area contributed by atoms with Crippen LogP contribution in [0.1, 0.15) is 62.3 Å². The lowest BCUT2D eigenvalue weighted by Gasteiger charge is -2.42. The number of hydrogen-bond donors (Lipinski definition) is 0. The summed E-state index contributed by atoms with van der Waals surface area (Å²) in [6.07, 6.45) is -10.1. The Kier molecular flexibility index (Phi) is 8.81. The van der Waals surface area contributed by atoms with E-state index in [0.29, 0.717) is 30.5 Å². The Bertz CT molecular complexity index is 1180. The van der Waals surface area contributed by atoms with E-state index in [1.54, 1.807) is 20.8 Å². The molecule has 1 fully saturated rings. The highest BCUT2D eigenvalue weighted by molar-refractivity contribution is 5.78. The minimum absolute atomic E-state index is 0.0350. The van der Waals surface area contributed by atoms with Gasteiger partial charge in [0.15, 0.2) is 0 Å². The van der Waals surface area contributed by atoms with Crippen LogP contribution >= 0.6 is 0 Å². The van der Waals surface area contributed by atoms with Crippen molar-refractivity contribution in [3.8, 4) is 0 Å². The van der Waals surface area contributed by atoms with Gasteiger partial charge in [-0.1, -0.05) is 12.1 Å². The number of alkyl halides is 6. The Morgan fingerprint density at radius 3 is 1.85 bits per heavy atom. The fraction of sp³-hybridized carbons (Fsp3) is 0.500. The van der Waals surface area contributed by atoms with E-state index in [4.69, 9.17) is 4.74 Å². The van der Waals surface area contributed by atoms with Crippen molar-refractivity contribution < 1.29 is 45.1 Å². The summed E-state index contributed by atoms with van der Waals surface area (Å²) in [5.41, 5.74) is -4.17. The van der Waals surface area contributed by atoms with Gasteiger partial charge in [0.05, 0.1) is 11.1 Å². The number of rotatable bonds is 5. The molecule has 0 bridgehead atoms. The first-order valence-corrected chi connectivity index (χ1v) is 12.6. The van der Waals surface area contributed by atoms with Crippen molar-refractivity contribution in [3.05, 3.63) is 70.5 Å². The van der Waals surface area contributed by atoms with Crippen molar-refractivity contribution in [1.29, 1.82) is 0 Å². The van der Waals surface area contributed by atoms with Gasteiger partial charge in [-0.05, 0) is 75.1 Å². The monoisotopic (exact) mass is 576 g/mol. The summed E-state index contributed by atoms with van der Waals surface area (Å²) in [6.45, 7) is 5.16. The molecule has 2 aromatic rings. The van der Waals surface area contributed by atoms with Crippen molar-refractivity contribution in [2.75, 3.05) is 20.1 Å². The molecule has 0 N–H and O–H groups in total. The number of ether oxygens (including phenoxy) is 1. The number of halogens is 7. The van der Waals surface area contributed by atoms with E-state index < -0.39 is 58.9 Å². The zero-order valence-corrected chi connectivity index (χ0v) is 22.5. The molecule has 0 saturated carbocycles. The maximum Gasteiger partial charge on any atom is 0.416 e. The van der Waals surface area contributed by atoms with Crippen LogP contribution in [0.3, 0.4) is 0 Å². The molecule has 0 unspecified atom stereocenters. The first-order valence-electron chi connectivity index (χ1n) is 12.6. The molecule has 5 nitrogen and oxygen atoms in total. The lowest BCUT2D eigenvalue weighted by Crippen LogP contribution is -2.48. The topological polar surface area (TPSA) is 49.9 Å². The second kappa shape index (κ2) is 11.3. The van der Waals surface area contributed by atoms with Gasteiger partial charge in [-0.15, -0.1) is 0 Å². The SMILES string of the molecule is CN(Cc1cc(C(F)(F)F)cc(C(F)(F)F)c1)C(=O)CC1(c2ccc(F)cc2)CCN(C(=O)OC(C)(C)C)CC1. The number of carbonyl (C=O) groups excluding carboxylic acids is 2. The fourth-order valence-electron chi connectivity index (χ4n) is 4.71. The van der Waals surface area contributed by atoms with Crippen molar-refractivity contribution in [1.82, 2.24) is 9.80 Å². The minimum Gasteiger partial charge on any atom is -0.444 e. The van der Waals surface area contributed by atoms with E-state index >= 15 is 0 Å². The molecular weight excluding hydrogens is 545 g/mol. The molecule has 0 aromatic heterocycles. The lowest BCUT2D eigenvalue weighted by molar-refractivity contribution is -0.143. The number of amides is 2. The third-order valence-electron chi connectivity index (χ3n) is 6.81. The Balaban J connectivity index is 1.84. The van der Waals surface area contributed by atoms with Gasteiger partial charge in [0.2, 0.25) is 5.91 Å². The van der Waals surface area contributed by atoms with Crippen molar-refractivity contribution in [3.63, 3.8) is 0 Å². The average molecular weight is 577 g/mol. The van der Waals surface area contributed by atoms with Crippen molar-refractivity contribution >= 4 is 12.0 Å². The zero-order chi connectivity index (χ0) is 30.1. The molecule has 12 heteroatoms. The van der Waals surface area contributed by atoms with E-state index in [2.05, 4.69) is 0 Å². The van der Waals surface area contributed by atoms with E-state index in [9.17, 15) is 40.3 Å². The van der Waals surface area contributed by atoms with Gasteiger partial charge in [-0.2, -0.15) is 26.3 Å². The standard InChI is InChI=1S/C28H31F7N2O3/c1-25(2,3)40-24(39)37-11-9-26(10-12-37,19-5-7-22(29)8-6-19)16-23(38)36(4)17-18-13-20(27(30,31)32)15-21(14-18)28(33,34)35/h5-8,13-15H,9-12,16-17H2,1-4H3. The number of likely N-dealkylation sites (tertiary alicyclic amines) is 1. The fourth-order valence-corrected chi connectivity index (χ4v) is 4.71. The molecular formula is C28H31F7N2O3. The molecule has 1 aliphatic rings. The summed E-state index contributed by atoms with van der Waals surface area (Å²) in [5, 5.41) is 0. The predicted octanol–water partition coefficient (Wildman–Crippen LogP) is 7.18. The van der Waals surface area contributed by atoms with Crippen LogP contribution in [0.5, 0.6) is 0 Å². The molecule has 0 aliphatic carbocycles. The average Bonchev–Trinajstić information content (AvgIpc) is 2.82. The third-order valence-corrected chi connectivity index (χ3v) is 6.81. The number of nitrogens with zero attached hydrogens (tertiary/aromatic N) is 2. The van der Waals surface area contributed by atoms with Gasteiger partial charge >= 0.3 is 18.4 Å². The Morgan fingerprint density at radius 1 is 0.900 bits per heavy atom. The Hall–Kier alpha value is -3.31. The maximum atomic E-state index is 13.7. The van der Waals surface area contributed by atoms with Gasteiger partial charge in [0.1, 0.15) is 11.4 Å². The second-order valence-corrected chi connectivity index (χ2v) is 11.1. The molecule has 0 atom stereocenters.